The standard InChI is InChI=1S/C54H30/c1-4-10-43-31-49(23-15-37(43)7-1)52-26-19-40-13-14-41-20-27-53(50-24-16-38-8-2-5-11-44(38)32-50)35-47(41)29-30-48-36-54(28-21-42(48)18-22-46(40)34-52)51-25-17-39-9-3-6-12-45(39)33-51/h1-12,15-17,19-21,23-28,31-36H. The summed E-state index contributed by atoms with van der Waals surface area (Å²) in [7, 11) is 0. The maximum absolute atomic E-state index is 3.55. The van der Waals surface area contributed by atoms with E-state index in [9.17, 15) is 0 Å². The molecule has 0 radical (unpaired) electrons. The van der Waals surface area contributed by atoms with Crippen molar-refractivity contribution in [1.29, 1.82) is 0 Å². The molecule has 0 fully saturated rings. The van der Waals surface area contributed by atoms with Crippen LogP contribution in [0.25, 0.3) is 65.7 Å². The van der Waals surface area contributed by atoms with Crippen LogP contribution < -0.4 is 0 Å². The van der Waals surface area contributed by atoms with Gasteiger partial charge in [-0.1, -0.05) is 163 Å². The van der Waals surface area contributed by atoms with Crippen molar-refractivity contribution < 1.29 is 0 Å². The molecular weight excluding hydrogens is 649 g/mol. The molecule has 0 aromatic heterocycles. The van der Waals surface area contributed by atoms with E-state index in [1.54, 1.807) is 0 Å². The second kappa shape index (κ2) is 13.2. The number of hydrogen-bond donors (Lipinski definition) is 0. The summed E-state index contributed by atoms with van der Waals surface area (Å²) in [6.07, 6.45) is 0. The Labute approximate surface area is 315 Å². The summed E-state index contributed by atoms with van der Waals surface area (Å²) in [6.45, 7) is 0. The van der Waals surface area contributed by atoms with Gasteiger partial charge in [0.15, 0.2) is 0 Å². The quantitative estimate of drug-likeness (QED) is 0.163. The first-order valence-corrected chi connectivity index (χ1v) is 18.2. The van der Waals surface area contributed by atoms with Crippen LogP contribution in [0.2, 0.25) is 0 Å². The largest absolute Gasteiger partial charge is 0.0616 e. The van der Waals surface area contributed by atoms with Crippen LogP contribution in [0.4, 0.5) is 0 Å². The smallest absolute Gasteiger partial charge is 0.0411 e. The Hall–Kier alpha value is -7.56. The van der Waals surface area contributed by atoms with Gasteiger partial charge in [0.1, 0.15) is 0 Å². The second-order valence-electron chi connectivity index (χ2n) is 13.7. The zero-order valence-electron chi connectivity index (χ0n) is 29.3. The zero-order valence-corrected chi connectivity index (χ0v) is 29.3. The van der Waals surface area contributed by atoms with E-state index in [2.05, 4.69) is 218 Å². The van der Waals surface area contributed by atoms with Crippen LogP contribution in [0.3, 0.4) is 0 Å². The number of hydrogen-bond acceptors (Lipinski definition) is 0. The van der Waals surface area contributed by atoms with Crippen molar-refractivity contribution in [1.82, 2.24) is 0 Å². The Morgan fingerprint density at radius 2 is 0.426 bits per heavy atom. The van der Waals surface area contributed by atoms with E-state index >= 15 is 0 Å². The molecular formula is C54H30. The maximum atomic E-state index is 3.55. The molecule has 0 unspecified atom stereocenters. The van der Waals surface area contributed by atoms with Crippen molar-refractivity contribution in [2.24, 2.45) is 0 Å². The highest BCUT2D eigenvalue weighted by Crippen LogP contribution is 2.30. The molecule has 0 N–H and O–H groups in total. The number of rotatable bonds is 3. The van der Waals surface area contributed by atoms with Crippen molar-refractivity contribution in [2.45, 2.75) is 0 Å². The fraction of sp³-hybridized carbons (Fsp3) is 0. The van der Waals surface area contributed by atoms with Gasteiger partial charge in [-0.05, 0) is 120 Å². The van der Waals surface area contributed by atoms with Crippen molar-refractivity contribution in [3.05, 3.63) is 215 Å². The predicted molar refractivity (Wildman–Crippen MR) is 226 cm³/mol. The first-order chi connectivity index (χ1) is 26.7. The van der Waals surface area contributed by atoms with Crippen LogP contribution in [0.5, 0.6) is 0 Å². The van der Waals surface area contributed by atoms with Gasteiger partial charge in [-0.3, -0.25) is 0 Å². The van der Waals surface area contributed by atoms with Crippen molar-refractivity contribution in [3.8, 4) is 68.9 Å². The lowest BCUT2D eigenvalue weighted by atomic mass is 9.94. The van der Waals surface area contributed by atoms with Gasteiger partial charge in [-0.25, -0.2) is 0 Å². The van der Waals surface area contributed by atoms with Crippen LogP contribution in [-0.4, -0.2) is 0 Å². The average Bonchev–Trinajstić information content (AvgIpc) is 3.23. The first kappa shape index (κ1) is 31.2. The molecule has 9 aromatic carbocycles. The molecule has 0 saturated carbocycles. The maximum Gasteiger partial charge on any atom is 0.0411 e. The fourth-order valence-electron chi connectivity index (χ4n) is 7.32. The molecule has 0 bridgehead atoms. The van der Waals surface area contributed by atoms with Gasteiger partial charge in [-0.15, -0.1) is 0 Å². The van der Waals surface area contributed by atoms with Gasteiger partial charge < -0.3 is 0 Å². The van der Waals surface area contributed by atoms with E-state index < -0.39 is 0 Å². The lowest BCUT2D eigenvalue weighted by Crippen LogP contribution is -1.92. The molecule has 0 heteroatoms. The summed E-state index contributed by atoms with van der Waals surface area (Å²) in [6, 6.07) is 64.5. The molecule has 1 aliphatic rings. The Morgan fingerprint density at radius 3 is 0.741 bits per heavy atom. The minimum Gasteiger partial charge on any atom is -0.0616 e. The SMILES string of the molecule is C1#Cc2ccc(-c3ccc4ccccc4c3)cc2C#Cc2cc(-c3ccc4ccccc4c3)ccc2C#Cc2cc(-c3ccc4ccccc4c3)ccc21. The summed E-state index contributed by atoms with van der Waals surface area (Å²) < 4.78 is 0. The Kier molecular flexibility index (Phi) is 7.63. The minimum atomic E-state index is 0.884. The molecule has 0 atom stereocenters. The Balaban J connectivity index is 1.14. The molecule has 54 heavy (non-hydrogen) atoms. The molecule has 246 valence electrons. The highest BCUT2D eigenvalue weighted by Gasteiger charge is 2.10. The summed E-state index contributed by atoms with van der Waals surface area (Å²) in [5.74, 6) is 21.1. The monoisotopic (exact) mass is 678 g/mol. The van der Waals surface area contributed by atoms with Gasteiger partial charge in [-0.2, -0.15) is 0 Å². The molecule has 0 spiro atoms. The van der Waals surface area contributed by atoms with Gasteiger partial charge in [0.25, 0.3) is 0 Å². The lowest BCUT2D eigenvalue weighted by molar-refractivity contribution is 1.53. The second-order valence-corrected chi connectivity index (χ2v) is 13.7. The van der Waals surface area contributed by atoms with E-state index in [1.807, 2.05) is 0 Å². The van der Waals surface area contributed by atoms with E-state index in [-0.39, 0.29) is 0 Å². The van der Waals surface area contributed by atoms with Gasteiger partial charge in [0.2, 0.25) is 0 Å². The molecule has 0 nitrogen and oxygen atoms in total. The fourth-order valence-corrected chi connectivity index (χ4v) is 7.32. The third-order valence-electron chi connectivity index (χ3n) is 10.3. The van der Waals surface area contributed by atoms with Gasteiger partial charge in [0, 0.05) is 33.4 Å². The van der Waals surface area contributed by atoms with Crippen LogP contribution in [0, 0.1) is 35.5 Å². The first-order valence-electron chi connectivity index (χ1n) is 18.2. The third kappa shape index (κ3) is 5.98. The van der Waals surface area contributed by atoms with E-state index in [4.69, 9.17) is 0 Å². The minimum absolute atomic E-state index is 0.884. The molecule has 1 aliphatic carbocycles. The summed E-state index contributed by atoms with van der Waals surface area (Å²) in [5, 5.41) is 7.30. The van der Waals surface area contributed by atoms with Gasteiger partial charge >= 0.3 is 0 Å². The van der Waals surface area contributed by atoms with Crippen molar-refractivity contribution >= 4 is 32.3 Å². The number of fused-ring (bicyclic) bond motifs is 6. The van der Waals surface area contributed by atoms with Crippen LogP contribution in [0.15, 0.2) is 182 Å². The van der Waals surface area contributed by atoms with E-state index in [0.717, 1.165) is 66.8 Å². The van der Waals surface area contributed by atoms with Crippen LogP contribution in [-0.2, 0) is 0 Å². The molecule has 0 saturated heterocycles. The highest BCUT2D eigenvalue weighted by molar-refractivity contribution is 5.90. The predicted octanol–water partition coefficient (Wildman–Crippen LogP) is 12.7. The summed E-state index contributed by atoms with van der Waals surface area (Å²) in [4.78, 5) is 0. The molecule has 10 rings (SSSR count). The Morgan fingerprint density at radius 1 is 0.185 bits per heavy atom. The zero-order chi connectivity index (χ0) is 35.8. The van der Waals surface area contributed by atoms with Crippen molar-refractivity contribution in [3.63, 3.8) is 0 Å². The highest BCUT2D eigenvalue weighted by atomic mass is 14.1. The third-order valence-corrected chi connectivity index (χ3v) is 10.3. The number of benzene rings is 9. The summed E-state index contributed by atoms with van der Waals surface area (Å²) in [5.41, 5.74) is 12.1. The normalized spacial score (nSPS) is 11.3. The molecule has 0 heterocycles. The van der Waals surface area contributed by atoms with Crippen LogP contribution >= 0.6 is 0 Å². The van der Waals surface area contributed by atoms with Gasteiger partial charge in [0.05, 0.1) is 0 Å². The van der Waals surface area contributed by atoms with Crippen LogP contribution in [0.1, 0.15) is 33.4 Å². The molecule has 9 aromatic rings. The van der Waals surface area contributed by atoms with E-state index in [1.165, 1.54) is 32.3 Å². The average molecular weight is 679 g/mol. The topological polar surface area (TPSA) is 0 Å². The lowest BCUT2D eigenvalue weighted by Gasteiger charge is -2.09. The van der Waals surface area contributed by atoms with Crippen molar-refractivity contribution in [2.75, 3.05) is 0 Å². The molecule has 0 amide bonds. The summed E-state index contributed by atoms with van der Waals surface area (Å²) >= 11 is 0. The molecule has 0 aliphatic heterocycles. The Bertz CT molecular complexity index is 3180. The van der Waals surface area contributed by atoms with E-state index in [0.29, 0.717) is 0 Å².